The first kappa shape index (κ1) is 22.5. The number of carbonyl (C=O) groups excluding carboxylic acids is 2. The molecule has 1 atom stereocenters. The molecule has 0 spiro atoms. The smallest absolute Gasteiger partial charge is 0.274 e. The molecule has 1 fully saturated rings. The molecule has 0 saturated carbocycles. The predicted molar refractivity (Wildman–Crippen MR) is 122 cm³/mol. The zero-order valence-electron chi connectivity index (χ0n) is 18.3. The maximum Gasteiger partial charge on any atom is 0.274 e. The number of carbonyl (C=O) groups is 2. The van der Waals surface area contributed by atoms with Crippen LogP contribution in [-0.4, -0.2) is 46.3 Å². The normalized spacial score (nSPS) is 15.6. The summed E-state index contributed by atoms with van der Waals surface area (Å²) in [5.41, 5.74) is 0.707. The molecule has 2 N–H and O–H groups in total. The van der Waals surface area contributed by atoms with Gasteiger partial charge >= 0.3 is 0 Å². The molecule has 3 heterocycles. The van der Waals surface area contributed by atoms with Gasteiger partial charge in [-0.2, -0.15) is 5.10 Å². The fourth-order valence-electron chi connectivity index (χ4n) is 3.48. The minimum Gasteiger partial charge on any atom is -0.494 e. The topological polar surface area (TPSA) is 107 Å². The van der Waals surface area contributed by atoms with Gasteiger partial charge in [0, 0.05) is 19.3 Å². The maximum atomic E-state index is 12.9. The van der Waals surface area contributed by atoms with E-state index in [-0.39, 0.29) is 23.5 Å². The summed E-state index contributed by atoms with van der Waals surface area (Å²) in [6.07, 6.45) is 6.37. The second-order valence-electron chi connectivity index (χ2n) is 7.63. The summed E-state index contributed by atoms with van der Waals surface area (Å²) >= 11 is 0. The molecule has 2 aromatic heterocycles. The molecule has 9 heteroatoms. The Bertz CT molecular complexity index is 1050. The number of pyridine rings is 1. The van der Waals surface area contributed by atoms with E-state index in [1.807, 2.05) is 30.3 Å². The highest BCUT2D eigenvalue weighted by Crippen LogP contribution is 2.25. The number of anilines is 1. The fraction of sp³-hybridized carbons (Fsp3) is 0.333. The van der Waals surface area contributed by atoms with Gasteiger partial charge in [0.05, 0.1) is 18.5 Å². The Labute approximate surface area is 192 Å². The molecular formula is C24H27N5O4. The molecule has 1 saturated heterocycles. The van der Waals surface area contributed by atoms with Gasteiger partial charge in [-0.05, 0) is 49.9 Å². The number of ether oxygens (including phenoxy) is 2. The van der Waals surface area contributed by atoms with Gasteiger partial charge in [-0.3, -0.25) is 14.6 Å². The van der Waals surface area contributed by atoms with Crippen LogP contribution in [0.5, 0.6) is 5.75 Å². The number of aromatic nitrogens is 3. The minimum absolute atomic E-state index is 0.137. The summed E-state index contributed by atoms with van der Waals surface area (Å²) < 4.78 is 13.0. The first-order valence-corrected chi connectivity index (χ1v) is 11.1. The Morgan fingerprint density at radius 2 is 1.94 bits per heavy atom. The molecule has 172 valence electrons. The zero-order chi connectivity index (χ0) is 22.9. The molecule has 1 aromatic carbocycles. The van der Waals surface area contributed by atoms with Crippen LogP contribution in [0.15, 0.2) is 60.9 Å². The van der Waals surface area contributed by atoms with Gasteiger partial charge in [-0.15, -0.1) is 0 Å². The van der Waals surface area contributed by atoms with Crippen LogP contribution in [0.4, 0.5) is 5.69 Å². The van der Waals surface area contributed by atoms with Crippen LogP contribution in [0, 0.1) is 0 Å². The van der Waals surface area contributed by atoms with Crippen molar-refractivity contribution in [1.82, 2.24) is 20.1 Å². The van der Waals surface area contributed by atoms with Crippen molar-refractivity contribution in [1.29, 1.82) is 0 Å². The molecule has 0 radical (unpaired) electrons. The van der Waals surface area contributed by atoms with Gasteiger partial charge in [0.2, 0.25) is 0 Å². The standard InChI is InChI=1S/C24H27N5O4/c30-23(19-11-4-6-13-25-19)27-20-17-29(21-12-5-7-15-33-21)28-22(20)24(31)26-14-8-16-32-18-9-2-1-3-10-18/h1-4,6,9-11,13,17,21H,5,7-8,12,14-16H2,(H,26,31)(H,27,30). The molecule has 33 heavy (non-hydrogen) atoms. The molecule has 0 bridgehead atoms. The molecule has 3 aromatic rings. The maximum absolute atomic E-state index is 12.9. The van der Waals surface area contributed by atoms with Crippen LogP contribution in [0.3, 0.4) is 0 Å². The Morgan fingerprint density at radius 3 is 2.70 bits per heavy atom. The first-order valence-electron chi connectivity index (χ1n) is 11.1. The van der Waals surface area contributed by atoms with Gasteiger partial charge < -0.3 is 20.1 Å². The van der Waals surface area contributed by atoms with Crippen molar-refractivity contribution in [3.63, 3.8) is 0 Å². The Balaban J connectivity index is 1.40. The highest BCUT2D eigenvalue weighted by atomic mass is 16.5. The number of nitrogens with zero attached hydrogens (tertiary/aromatic N) is 3. The first-order chi connectivity index (χ1) is 16.2. The van der Waals surface area contributed by atoms with Crippen LogP contribution >= 0.6 is 0 Å². The largest absolute Gasteiger partial charge is 0.494 e. The van der Waals surface area contributed by atoms with Crippen molar-refractivity contribution < 1.29 is 19.1 Å². The van der Waals surface area contributed by atoms with Gasteiger partial charge in [0.1, 0.15) is 17.7 Å². The molecule has 4 rings (SSSR count). The van der Waals surface area contributed by atoms with Crippen LogP contribution < -0.4 is 15.4 Å². The Morgan fingerprint density at radius 1 is 1.09 bits per heavy atom. The third-order valence-corrected chi connectivity index (χ3v) is 5.16. The summed E-state index contributed by atoms with van der Waals surface area (Å²) in [7, 11) is 0. The van der Waals surface area contributed by atoms with Crippen molar-refractivity contribution in [2.45, 2.75) is 31.9 Å². The number of amides is 2. The van der Waals surface area contributed by atoms with E-state index in [0.29, 0.717) is 31.9 Å². The predicted octanol–water partition coefficient (Wildman–Crippen LogP) is 3.43. The van der Waals surface area contributed by atoms with E-state index in [1.54, 1.807) is 35.3 Å². The average molecular weight is 450 g/mol. The fourth-order valence-corrected chi connectivity index (χ4v) is 3.48. The summed E-state index contributed by atoms with van der Waals surface area (Å²) in [5, 5.41) is 10.1. The average Bonchev–Trinajstić information content (AvgIpc) is 3.29. The lowest BCUT2D eigenvalue weighted by molar-refractivity contribution is -0.0395. The number of hydrogen-bond donors (Lipinski definition) is 2. The molecular weight excluding hydrogens is 422 g/mol. The Kier molecular flexibility index (Phi) is 7.65. The van der Waals surface area contributed by atoms with Crippen molar-refractivity contribution >= 4 is 17.5 Å². The second kappa shape index (κ2) is 11.2. The van der Waals surface area contributed by atoms with Crippen molar-refractivity contribution in [3.8, 4) is 5.75 Å². The summed E-state index contributed by atoms with van der Waals surface area (Å²) in [5.74, 6) is 0.000173. The van der Waals surface area contributed by atoms with E-state index in [4.69, 9.17) is 9.47 Å². The number of para-hydroxylation sites is 1. The summed E-state index contributed by atoms with van der Waals surface area (Å²) in [6, 6.07) is 14.6. The second-order valence-corrected chi connectivity index (χ2v) is 7.63. The Hall–Kier alpha value is -3.72. The molecule has 1 unspecified atom stereocenters. The highest BCUT2D eigenvalue weighted by Gasteiger charge is 2.24. The van der Waals surface area contributed by atoms with Gasteiger partial charge in [0.25, 0.3) is 11.8 Å². The number of hydrogen-bond acceptors (Lipinski definition) is 6. The third kappa shape index (κ3) is 6.17. The van der Waals surface area contributed by atoms with E-state index < -0.39 is 5.91 Å². The lowest BCUT2D eigenvalue weighted by Crippen LogP contribution is -2.27. The molecule has 2 amide bonds. The number of nitrogens with one attached hydrogen (secondary N) is 2. The van der Waals surface area contributed by atoms with Crippen molar-refractivity contribution in [3.05, 3.63) is 72.3 Å². The summed E-state index contributed by atoms with van der Waals surface area (Å²) in [4.78, 5) is 29.6. The van der Waals surface area contributed by atoms with Crippen molar-refractivity contribution in [2.75, 3.05) is 25.1 Å². The van der Waals surface area contributed by atoms with Crippen molar-refractivity contribution in [2.24, 2.45) is 0 Å². The molecule has 0 aliphatic carbocycles. The van der Waals surface area contributed by atoms with Gasteiger partial charge in [0.15, 0.2) is 5.69 Å². The highest BCUT2D eigenvalue weighted by molar-refractivity contribution is 6.07. The van der Waals surface area contributed by atoms with E-state index in [9.17, 15) is 9.59 Å². The molecule has 1 aliphatic heterocycles. The third-order valence-electron chi connectivity index (χ3n) is 5.16. The van der Waals surface area contributed by atoms with Crippen LogP contribution in [0.2, 0.25) is 0 Å². The molecule has 1 aliphatic rings. The van der Waals surface area contributed by atoms with Crippen LogP contribution in [0.1, 0.15) is 52.9 Å². The van der Waals surface area contributed by atoms with E-state index in [2.05, 4.69) is 20.7 Å². The number of rotatable bonds is 9. The quantitative estimate of drug-likeness (QED) is 0.485. The van der Waals surface area contributed by atoms with E-state index >= 15 is 0 Å². The van der Waals surface area contributed by atoms with Gasteiger partial charge in [-0.25, -0.2) is 4.68 Å². The van der Waals surface area contributed by atoms with Crippen LogP contribution in [0.25, 0.3) is 0 Å². The van der Waals surface area contributed by atoms with E-state index in [1.165, 1.54) is 0 Å². The zero-order valence-corrected chi connectivity index (χ0v) is 18.3. The van der Waals surface area contributed by atoms with E-state index in [0.717, 1.165) is 25.0 Å². The van der Waals surface area contributed by atoms with Gasteiger partial charge in [-0.1, -0.05) is 24.3 Å². The minimum atomic E-state index is -0.412. The molecule has 9 nitrogen and oxygen atoms in total. The lowest BCUT2D eigenvalue weighted by atomic mass is 10.2. The van der Waals surface area contributed by atoms with Crippen LogP contribution in [-0.2, 0) is 4.74 Å². The lowest BCUT2D eigenvalue weighted by Gasteiger charge is -2.22. The SMILES string of the molecule is O=C(Nc1cn(C2CCCCO2)nc1C(=O)NCCCOc1ccccc1)c1ccccn1. The summed E-state index contributed by atoms with van der Waals surface area (Å²) in [6.45, 7) is 1.52. The number of benzene rings is 1. The monoisotopic (exact) mass is 449 g/mol.